The van der Waals surface area contributed by atoms with Crippen molar-refractivity contribution in [1.82, 2.24) is 4.31 Å². The van der Waals surface area contributed by atoms with E-state index >= 15 is 0 Å². The molecule has 1 saturated heterocycles. The number of hydrogen-bond acceptors (Lipinski definition) is 5. The van der Waals surface area contributed by atoms with Gasteiger partial charge in [-0.3, -0.25) is 4.79 Å². The summed E-state index contributed by atoms with van der Waals surface area (Å²) in [4.78, 5) is 24.7. The molecule has 0 bridgehead atoms. The molecule has 0 aliphatic carbocycles. The number of piperidine rings is 1. The summed E-state index contributed by atoms with van der Waals surface area (Å²) in [6.45, 7) is 2.28. The van der Waals surface area contributed by atoms with E-state index in [-0.39, 0.29) is 45.4 Å². The number of nitrogens with zero attached hydrogens (tertiary/aromatic N) is 1. The minimum atomic E-state index is -3.74. The van der Waals surface area contributed by atoms with Crippen LogP contribution in [0.3, 0.4) is 0 Å². The third-order valence-corrected chi connectivity index (χ3v) is 8.07. The molecule has 178 valence electrons. The Morgan fingerprint density at radius 3 is 2.45 bits per heavy atom. The highest BCUT2D eigenvalue weighted by Crippen LogP contribution is 2.30. The number of sulfonamides is 1. The molecule has 0 saturated carbocycles. The highest BCUT2D eigenvalue weighted by molar-refractivity contribution is 7.88. The van der Waals surface area contributed by atoms with E-state index in [9.17, 15) is 18.0 Å². The summed E-state index contributed by atoms with van der Waals surface area (Å²) in [6.07, 6.45) is 1.06. The molecule has 0 spiro atoms. The lowest BCUT2D eigenvalue weighted by atomic mass is 9.98. The Morgan fingerprint density at radius 2 is 1.82 bits per heavy atom. The number of amides is 1. The van der Waals surface area contributed by atoms with Crippen molar-refractivity contribution in [1.29, 1.82) is 0 Å². The van der Waals surface area contributed by atoms with E-state index in [1.54, 1.807) is 25.1 Å². The van der Waals surface area contributed by atoms with Gasteiger partial charge in [0.2, 0.25) is 15.9 Å². The number of nitrogens with one attached hydrogen (secondary N) is 1. The van der Waals surface area contributed by atoms with Gasteiger partial charge in [-0.05, 0) is 50.1 Å². The van der Waals surface area contributed by atoms with Gasteiger partial charge in [-0.25, -0.2) is 17.5 Å². The fourth-order valence-electron chi connectivity index (χ4n) is 3.55. The quantitative estimate of drug-likeness (QED) is 0.505. The van der Waals surface area contributed by atoms with Crippen molar-refractivity contribution in [3.8, 4) is 0 Å². The maximum atomic E-state index is 13.0. The third kappa shape index (κ3) is 6.39. The molecule has 0 unspecified atom stereocenters. The average molecular weight is 534 g/mol. The van der Waals surface area contributed by atoms with Crippen LogP contribution in [-0.4, -0.2) is 44.3 Å². The van der Waals surface area contributed by atoms with E-state index in [0.717, 1.165) is 0 Å². The SMILES string of the molecule is CCOC(=O)c1ccc(NC(=O)[C@@H]2CCCN(S(=O)(=O)Cc3c(Cl)cccc3Cl)C2)c(Cl)c1. The second-order valence-electron chi connectivity index (χ2n) is 7.56. The van der Waals surface area contributed by atoms with Crippen LogP contribution in [-0.2, 0) is 25.3 Å². The van der Waals surface area contributed by atoms with Crippen LogP contribution in [0.5, 0.6) is 0 Å². The standard InChI is InChI=1S/C22H23Cl3N2O5S/c1-2-32-22(29)14-8-9-20(19(25)11-14)26-21(28)15-5-4-10-27(12-15)33(30,31)13-16-17(23)6-3-7-18(16)24/h3,6-9,11,15H,2,4-5,10,12-13H2,1H3,(H,26,28)/t15-/m1/s1. The first-order valence-corrected chi connectivity index (χ1v) is 13.0. The number of rotatable bonds is 7. The van der Waals surface area contributed by atoms with Gasteiger partial charge < -0.3 is 10.1 Å². The van der Waals surface area contributed by atoms with Crippen LogP contribution in [0.4, 0.5) is 5.69 Å². The molecule has 0 radical (unpaired) electrons. The van der Waals surface area contributed by atoms with Crippen molar-refractivity contribution in [3.63, 3.8) is 0 Å². The predicted molar refractivity (Wildman–Crippen MR) is 129 cm³/mol. The van der Waals surface area contributed by atoms with Crippen molar-refractivity contribution in [2.45, 2.75) is 25.5 Å². The molecule has 1 fully saturated rings. The highest BCUT2D eigenvalue weighted by Gasteiger charge is 2.33. The lowest BCUT2D eigenvalue weighted by molar-refractivity contribution is -0.120. The number of benzene rings is 2. The molecule has 1 heterocycles. The number of carbonyl (C=O) groups is 2. The predicted octanol–water partition coefficient (Wildman–Crippen LogP) is 5.00. The third-order valence-electron chi connectivity index (χ3n) is 5.27. The number of carbonyl (C=O) groups excluding carboxylic acids is 2. The molecule has 1 amide bonds. The van der Waals surface area contributed by atoms with Crippen LogP contribution in [0.2, 0.25) is 15.1 Å². The highest BCUT2D eigenvalue weighted by atomic mass is 35.5. The van der Waals surface area contributed by atoms with Crippen molar-refractivity contribution in [3.05, 3.63) is 62.6 Å². The first-order chi connectivity index (χ1) is 15.6. The molecule has 2 aromatic rings. The van der Waals surface area contributed by atoms with Crippen LogP contribution < -0.4 is 5.32 Å². The molecular formula is C22H23Cl3N2O5S. The van der Waals surface area contributed by atoms with Crippen LogP contribution >= 0.6 is 34.8 Å². The maximum Gasteiger partial charge on any atom is 0.338 e. The van der Waals surface area contributed by atoms with Crippen LogP contribution in [0.15, 0.2) is 36.4 Å². The number of halogens is 3. The summed E-state index contributed by atoms with van der Waals surface area (Å²) in [5, 5.41) is 3.47. The molecular weight excluding hydrogens is 511 g/mol. The van der Waals surface area contributed by atoms with Crippen LogP contribution in [0, 0.1) is 5.92 Å². The maximum absolute atomic E-state index is 13.0. The molecule has 7 nitrogen and oxygen atoms in total. The number of anilines is 1. The lowest BCUT2D eigenvalue weighted by Crippen LogP contribution is -2.44. The van der Waals surface area contributed by atoms with Crippen molar-refractivity contribution < 1.29 is 22.7 Å². The smallest absolute Gasteiger partial charge is 0.338 e. The van der Waals surface area contributed by atoms with Crippen molar-refractivity contribution >= 4 is 62.4 Å². The minimum absolute atomic E-state index is 0.0365. The summed E-state index contributed by atoms with van der Waals surface area (Å²) < 4.78 is 32.2. The number of esters is 1. The zero-order chi connectivity index (χ0) is 24.2. The van der Waals surface area contributed by atoms with Gasteiger partial charge in [0.05, 0.1) is 34.6 Å². The van der Waals surface area contributed by atoms with Crippen molar-refractivity contribution in [2.75, 3.05) is 25.0 Å². The summed E-state index contributed by atoms with van der Waals surface area (Å²) in [5.74, 6) is -1.77. The summed E-state index contributed by atoms with van der Waals surface area (Å²) >= 11 is 18.5. The minimum Gasteiger partial charge on any atom is -0.462 e. The lowest BCUT2D eigenvalue weighted by Gasteiger charge is -2.31. The Bertz CT molecular complexity index is 1140. The Kier molecular flexibility index (Phi) is 8.64. The second-order valence-corrected chi connectivity index (χ2v) is 10.7. The first kappa shape index (κ1) is 25.8. The summed E-state index contributed by atoms with van der Waals surface area (Å²) in [5.41, 5.74) is 0.937. The monoisotopic (exact) mass is 532 g/mol. The fourth-order valence-corrected chi connectivity index (χ4v) is 6.14. The van der Waals surface area contributed by atoms with E-state index in [4.69, 9.17) is 39.5 Å². The van der Waals surface area contributed by atoms with Gasteiger partial charge in [-0.2, -0.15) is 0 Å². The van der Waals surface area contributed by atoms with Gasteiger partial charge in [-0.15, -0.1) is 0 Å². The molecule has 3 rings (SSSR count). The second kappa shape index (κ2) is 11.1. The zero-order valence-electron chi connectivity index (χ0n) is 17.8. The van der Waals surface area contributed by atoms with E-state index in [2.05, 4.69) is 5.32 Å². The van der Waals surface area contributed by atoms with E-state index in [0.29, 0.717) is 30.6 Å². The van der Waals surface area contributed by atoms with Gasteiger partial charge in [0, 0.05) is 28.7 Å². The molecule has 2 aromatic carbocycles. The Morgan fingerprint density at radius 1 is 1.12 bits per heavy atom. The first-order valence-electron chi connectivity index (χ1n) is 10.3. The largest absolute Gasteiger partial charge is 0.462 e. The van der Waals surface area contributed by atoms with Gasteiger partial charge in [0.1, 0.15) is 0 Å². The Labute approximate surface area is 208 Å². The molecule has 1 atom stereocenters. The fraction of sp³-hybridized carbons (Fsp3) is 0.364. The Balaban J connectivity index is 1.69. The van der Waals surface area contributed by atoms with Gasteiger partial charge in [0.25, 0.3) is 0 Å². The van der Waals surface area contributed by atoms with E-state index in [1.807, 2.05) is 0 Å². The van der Waals surface area contributed by atoms with Gasteiger partial charge in [0.15, 0.2) is 0 Å². The van der Waals surface area contributed by atoms with E-state index in [1.165, 1.54) is 22.5 Å². The van der Waals surface area contributed by atoms with Gasteiger partial charge in [-0.1, -0.05) is 40.9 Å². The number of ether oxygens (including phenoxy) is 1. The molecule has 1 N–H and O–H groups in total. The topological polar surface area (TPSA) is 92.8 Å². The van der Waals surface area contributed by atoms with E-state index < -0.39 is 21.9 Å². The summed E-state index contributed by atoms with van der Waals surface area (Å²) in [6, 6.07) is 9.25. The zero-order valence-corrected chi connectivity index (χ0v) is 20.9. The molecule has 1 aliphatic heterocycles. The Hall–Kier alpha value is -1.84. The summed E-state index contributed by atoms with van der Waals surface area (Å²) in [7, 11) is -3.74. The average Bonchev–Trinajstić information content (AvgIpc) is 2.78. The van der Waals surface area contributed by atoms with Crippen molar-refractivity contribution in [2.24, 2.45) is 5.92 Å². The molecule has 0 aromatic heterocycles. The molecule has 1 aliphatic rings. The normalized spacial score (nSPS) is 16.9. The van der Waals surface area contributed by atoms with Crippen LogP contribution in [0.25, 0.3) is 0 Å². The molecule has 33 heavy (non-hydrogen) atoms. The number of hydrogen-bond donors (Lipinski definition) is 1. The van der Waals surface area contributed by atoms with Gasteiger partial charge >= 0.3 is 5.97 Å². The molecule has 11 heteroatoms. The van der Waals surface area contributed by atoms with Crippen LogP contribution in [0.1, 0.15) is 35.7 Å².